The van der Waals surface area contributed by atoms with Crippen LogP contribution in [0.1, 0.15) is 77.6 Å². The molecule has 2 atom stereocenters. The minimum atomic E-state index is 0.680. The van der Waals surface area contributed by atoms with E-state index in [0.717, 1.165) is 12.0 Å². The van der Waals surface area contributed by atoms with Crippen LogP contribution in [0.3, 0.4) is 0 Å². The molecule has 2 nitrogen and oxygen atoms in total. The van der Waals surface area contributed by atoms with Crippen molar-refractivity contribution in [2.75, 3.05) is 13.1 Å². The first-order chi connectivity index (χ1) is 9.34. The van der Waals surface area contributed by atoms with Crippen LogP contribution in [0.2, 0.25) is 0 Å². The molecule has 2 aliphatic rings. The maximum atomic E-state index is 3.73. The number of hydrogen-bond donors (Lipinski definition) is 2. The van der Waals surface area contributed by atoms with Gasteiger partial charge in [-0.3, -0.25) is 0 Å². The Labute approximate surface area is 120 Å². The van der Waals surface area contributed by atoms with Gasteiger partial charge in [-0.1, -0.05) is 38.5 Å². The third kappa shape index (κ3) is 6.27. The Morgan fingerprint density at radius 1 is 1.05 bits per heavy atom. The standard InChI is InChI=1S/C17H34N2/c1-15(14-17-11-3-2-6-12-19-17)18-13-7-10-16-8-4-5-9-16/h15-19H,2-14H2,1H3. The molecular weight excluding hydrogens is 232 g/mol. The normalized spacial score (nSPS) is 27.3. The van der Waals surface area contributed by atoms with Crippen LogP contribution in [-0.2, 0) is 0 Å². The number of hydrogen-bond acceptors (Lipinski definition) is 2. The van der Waals surface area contributed by atoms with Crippen LogP contribution in [0.15, 0.2) is 0 Å². The highest BCUT2D eigenvalue weighted by molar-refractivity contribution is 4.76. The average Bonchev–Trinajstić information content (AvgIpc) is 2.79. The summed E-state index contributed by atoms with van der Waals surface area (Å²) in [5.74, 6) is 1.06. The summed E-state index contributed by atoms with van der Waals surface area (Å²) in [6, 6.07) is 1.44. The molecule has 0 aromatic heterocycles. The SMILES string of the molecule is CC(CC1CCCCCN1)NCCCC1CCCC1. The minimum absolute atomic E-state index is 0.680. The van der Waals surface area contributed by atoms with Gasteiger partial charge in [0.25, 0.3) is 0 Å². The molecule has 1 saturated heterocycles. The lowest BCUT2D eigenvalue weighted by Crippen LogP contribution is -2.37. The number of rotatable bonds is 7. The quantitative estimate of drug-likeness (QED) is 0.684. The summed E-state index contributed by atoms with van der Waals surface area (Å²) in [7, 11) is 0. The van der Waals surface area contributed by atoms with Crippen molar-refractivity contribution in [1.82, 2.24) is 10.6 Å². The van der Waals surface area contributed by atoms with Gasteiger partial charge >= 0.3 is 0 Å². The van der Waals surface area contributed by atoms with Gasteiger partial charge in [0.2, 0.25) is 0 Å². The summed E-state index contributed by atoms with van der Waals surface area (Å²) in [5.41, 5.74) is 0. The molecule has 19 heavy (non-hydrogen) atoms. The molecule has 2 rings (SSSR count). The largest absolute Gasteiger partial charge is 0.314 e. The van der Waals surface area contributed by atoms with Crippen LogP contribution in [-0.4, -0.2) is 25.2 Å². The first-order valence-electron chi connectivity index (χ1n) is 8.81. The van der Waals surface area contributed by atoms with E-state index in [1.165, 1.54) is 83.7 Å². The summed E-state index contributed by atoms with van der Waals surface area (Å²) in [5, 5.41) is 7.44. The zero-order valence-electron chi connectivity index (χ0n) is 12.9. The fourth-order valence-corrected chi connectivity index (χ4v) is 3.85. The van der Waals surface area contributed by atoms with Gasteiger partial charge in [0.05, 0.1) is 0 Å². The van der Waals surface area contributed by atoms with Gasteiger partial charge in [-0.05, 0) is 58.0 Å². The molecule has 2 fully saturated rings. The van der Waals surface area contributed by atoms with Gasteiger partial charge in [-0.25, -0.2) is 0 Å². The van der Waals surface area contributed by atoms with Crippen molar-refractivity contribution >= 4 is 0 Å². The highest BCUT2D eigenvalue weighted by Crippen LogP contribution is 2.28. The molecule has 112 valence electrons. The van der Waals surface area contributed by atoms with E-state index in [-0.39, 0.29) is 0 Å². The van der Waals surface area contributed by atoms with Crippen LogP contribution in [0.4, 0.5) is 0 Å². The maximum Gasteiger partial charge on any atom is 0.00817 e. The van der Waals surface area contributed by atoms with Crippen LogP contribution >= 0.6 is 0 Å². The zero-order valence-corrected chi connectivity index (χ0v) is 12.9. The smallest absolute Gasteiger partial charge is 0.00817 e. The Hall–Kier alpha value is -0.0800. The second kappa shape index (κ2) is 8.97. The van der Waals surface area contributed by atoms with Crippen molar-refractivity contribution in [2.24, 2.45) is 5.92 Å². The summed E-state index contributed by atoms with van der Waals surface area (Å²) < 4.78 is 0. The van der Waals surface area contributed by atoms with Gasteiger partial charge < -0.3 is 10.6 Å². The molecule has 0 aromatic rings. The minimum Gasteiger partial charge on any atom is -0.314 e. The topological polar surface area (TPSA) is 24.1 Å². The molecule has 1 aliphatic carbocycles. The van der Waals surface area contributed by atoms with E-state index in [2.05, 4.69) is 17.6 Å². The molecule has 2 N–H and O–H groups in total. The van der Waals surface area contributed by atoms with E-state index >= 15 is 0 Å². The van der Waals surface area contributed by atoms with Gasteiger partial charge in [0, 0.05) is 12.1 Å². The van der Waals surface area contributed by atoms with Gasteiger partial charge in [-0.2, -0.15) is 0 Å². The van der Waals surface area contributed by atoms with E-state index in [1.54, 1.807) is 0 Å². The fraction of sp³-hybridized carbons (Fsp3) is 1.00. The van der Waals surface area contributed by atoms with Gasteiger partial charge in [0.1, 0.15) is 0 Å². The first kappa shape index (κ1) is 15.3. The van der Waals surface area contributed by atoms with Crippen molar-refractivity contribution in [2.45, 2.75) is 89.6 Å². The Kier molecular flexibility index (Phi) is 7.23. The molecule has 0 amide bonds. The molecule has 1 heterocycles. The Morgan fingerprint density at radius 2 is 1.84 bits per heavy atom. The maximum absolute atomic E-state index is 3.73. The second-order valence-corrected chi connectivity index (χ2v) is 6.88. The lowest BCUT2D eigenvalue weighted by molar-refractivity contribution is 0.391. The lowest BCUT2D eigenvalue weighted by atomic mass is 10.0. The molecular formula is C17H34N2. The van der Waals surface area contributed by atoms with Crippen molar-refractivity contribution in [3.05, 3.63) is 0 Å². The van der Waals surface area contributed by atoms with E-state index < -0.39 is 0 Å². The van der Waals surface area contributed by atoms with E-state index in [0.29, 0.717) is 6.04 Å². The van der Waals surface area contributed by atoms with Crippen molar-refractivity contribution < 1.29 is 0 Å². The van der Waals surface area contributed by atoms with Crippen LogP contribution in [0, 0.1) is 5.92 Å². The van der Waals surface area contributed by atoms with Crippen molar-refractivity contribution in [1.29, 1.82) is 0 Å². The molecule has 0 radical (unpaired) electrons. The van der Waals surface area contributed by atoms with Gasteiger partial charge in [0.15, 0.2) is 0 Å². The molecule has 0 spiro atoms. The van der Waals surface area contributed by atoms with Crippen molar-refractivity contribution in [3.8, 4) is 0 Å². The van der Waals surface area contributed by atoms with Crippen LogP contribution < -0.4 is 10.6 Å². The third-order valence-electron chi connectivity index (χ3n) is 5.06. The Morgan fingerprint density at radius 3 is 2.68 bits per heavy atom. The Bertz CT molecular complexity index is 215. The van der Waals surface area contributed by atoms with E-state index in [4.69, 9.17) is 0 Å². The summed E-state index contributed by atoms with van der Waals surface area (Å²) in [6.45, 7) is 4.82. The molecule has 1 aliphatic heterocycles. The third-order valence-corrected chi connectivity index (χ3v) is 5.06. The molecule has 2 unspecified atom stereocenters. The lowest BCUT2D eigenvalue weighted by Gasteiger charge is -2.21. The van der Waals surface area contributed by atoms with E-state index in [1.807, 2.05) is 0 Å². The predicted octanol–water partition coefficient (Wildman–Crippen LogP) is 3.86. The summed E-state index contributed by atoms with van der Waals surface area (Å²) in [6.07, 6.45) is 15.7. The molecule has 1 saturated carbocycles. The highest BCUT2D eigenvalue weighted by atomic mass is 14.9. The molecule has 0 bridgehead atoms. The summed E-state index contributed by atoms with van der Waals surface area (Å²) in [4.78, 5) is 0. The molecule has 0 aromatic carbocycles. The highest BCUT2D eigenvalue weighted by Gasteiger charge is 2.16. The fourth-order valence-electron chi connectivity index (χ4n) is 3.85. The Balaban J connectivity index is 1.49. The predicted molar refractivity (Wildman–Crippen MR) is 83.5 cm³/mol. The summed E-state index contributed by atoms with van der Waals surface area (Å²) >= 11 is 0. The van der Waals surface area contributed by atoms with Crippen LogP contribution in [0.5, 0.6) is 0 Å². The van der Waals surface area contributed by atoms with Gasteiger partial charge in [-0.15, -0.1) is 0 Å². The molecule has 2 heteroatoms. The second-order valence-electron chi connectivity index (χ2n) is 6.88. The van der Waals surface area contributed by atoms with Crippen LogP contribution in [0.25, 0.3) is 0 Å². The van der Waals surface area contributed by atoms with Crippen molar-refractivity contribution in [3.63, 3.8) is 0 Å². The number of nitrogens with one attached hydrogen (secondary N) is 2. The zero-order chi connectivity index (χ0) is 13.3. The average molecular weight is 266 g/mol. The van der Waals surface area contributed by atoms with E-state index in [9.17, 15) is 0 Å². The monoisotopic (exact) mass is 266 g/mol. The first-order valence-corrected chi connectivity index (χ1v) is 8.81.